The van der Waals surface area contributed by atoms with Crippen molar-refractivity contribution >= 4 is 18.4 Å². The highest BCUT2D eigenvalue weighted by Gasteiger charge is 2.67. The lowest BCUT2D eigenvalue weighted by molar-refractivity contribution is 0.106. The molecule has 1 saturated heterocycles. The van der Waals surface area contributed by atoms with Crippen molar-refractivity contribution in [3.8, 4) is 0 Å². The number of hydrogen-bond acceptors (Lipinski definition) is 2. The van der Waals surface area contributed by atoms with E-state index in [0.29, 0.717) is 5.54 Å². The predicted molar refractivity (Wildman–Crippen MR) is 107 cm³/mol. The molecule has 3 atom stereocenters. The number of aliphatic hydroxyl groups is 1. The van der Waals surface area contributed by atoms with Gasteiger partial charge in [0, 0.05) is 12.6 Å². The SMILES string of the molecule is CC1(C)CN[C@H]([C@]2(O)CC2[Si](C)(c2ccccc2)c2ccccc2)C1. The molecule has 1 unspecified atom stereocenters. The smallest absolute Gasteiger partial charge is 0.121 e. The van der Waals surface area contributed by atoms with E-state index in [-0.39, 0.29) is 11.5 Å². The molecule has 4 rings (SSSR count). The minimum Gasteiger partial charge on any atom is -0.388 e. The molecule has 1 heterocycles. The van der Waals surface area contributed by atoms with E-state index in [2.05, 4.69) is 86.4 Å². The van der Waals surface area contributed by atoms with Gasteiger partial charge in [-0.25, -0.2) is 0 Å². The summed E-state index contributed by atoms with van der Waals surface area (Å²) in [5, 5.41) is 18.0. The zero-order valence-electron chi connectivity index (χ0n) is 15.5. The molecule has 0 spiro atoms. The molecule has 2 aromatic rings. The minimum absolute atomic E-state index is 0.228. The van der Waals surface area contributed by atoms with Crippen molar-refractivity contribution in [2.24, 2.45) is 5.41 Å². The van der Waals surface area contributed by atoms with Crippen molar-refractivity contribution < 1.29 is 5.11 Å². The average molecular weight is 352 g/mol. The van der Waals surface area contributed by atoms with Crippen LogP contribution < -0.4 is 15.7 Å². The van der Waals surface area contributed by atoms with Crippen LogP contribution in [0.2, 0.25) is 12.1 Å². The van der Waals surface area contributed by atoms with E-state index in [1.807, 2.05) is 0 Å². The first kappa shape index (κ1) is 17.0. The van der Waals surface area contributed by atoms with Gasteiger partial charge in [-0.3, -0.25) is 0 Å². The summed E-state index contributed by atoms with van der Waals surface area (Å²) >= 11 is 0. The Morgan fingerprint density at radius 2 is 1.44 bits per heavy atom. The Labute approximate surface area is 152 Å². The highest BCUT2D eigenvalue weighted by atomic mass is 28.3. The summed E-state index contributed by atoms with van der Waals surface area (Å²) in [6, 6.07) is 22.0. The van der Waals surface area contributed by atoms with Crippen molar-refractivity contribution in [3.63, 3.8) is 0 Å². The van der Waals surface area contributed by atoms with Gasteiger partial charge in [-0.2, -0.15) is 0 Å². The van der Waals surface area contributed by atoms with E-state index >= 15 is 0 Å². The summed E-state index contributed by atoms with van der Waals surface area (Å²) in [6.07, 6.45) is 1.99. The minimum atomic E-state index is -2.01. The second kappa shape index (κ2) is 5.80. The van der Waals surface area contributed by atoms with Crippen LogP contribution in [0, 0.1) is 5.41 Å². The van der Waals surface area contributed by atoms with Gasteiger partial charge in [0.1, 0.15) is 8.07 Å². The molecule has 2 aliphatic rings. The van der Waals surface area contributed by atoms with Crippen molar-refractivity contribution in [2.75, 3.05) is 6.54 Å². The first-order valence-corrected chi connectivity index (χ1v) is 12.0. The van der Waals surface area contributed by atoms with Crippen LogP contribution in [0.15, 0.2) is 60.7 Å². The molecule has 2 N–H and O–H groups in total. The van der Waals surface area contributed by atoms with Crippen LogP contribution in [-0.4, -0.2) is 31.4 Å². The Morgan fingerprint density at radius 1 is 0.920 bits per heavy atom. The normalized spacial score (nSPS) is 31.0. The van der Waals surface area contributed by atoms with E-state index in [1.54, 1.807) is 0 Å². The van der Waals surface area contributed by atoms with Crippen molar-refractivity contribution in [2.45, 2.75) is 50.4 Å². The number of nitrogens with one attached hydrogen (secondary N) is 1. The highest BCUT2D eigenvalue weighted by Crippen LogP contribution is 2.59. The number of hydrogen-bond donors (Lipinski definition) is 2. The molecule has 1 aliphatic heterocycles. The Morgan fingerprint density at radius 3 is 1.88 bits per heavy atom. The standard InChI is InChI=1S/C22H29NOSi/c1-21(2)14-19(23-16-21)22(24)15-20(22)25(3,17-10-6-4-7-11-17)18-12-8-5-9-13-18/h4-13,19-20,23-24H,14-16H2,1-3H3/t19-,20?,22+/m0/s1. The van der Waals surface area contributed by atoms with Crippen LogP contribution in [-0.2, 0) is 0 Å². The molecule has 2 fully saturated rings. The Balaban J connectivity index is 1.72. The van der Waals surface area contributed by atoms with Gasteiger partial charge in [0.15, 0.2) is 0 Å². The molecule has 0 bridgehead atoms. The van der Waals surface area contributed by atoms with E-state index in [4.69, 9.17) is 0 Å². The molecule has 1 saturated carbocycles. The number of benzene rings is 2. The quantitative estimate of drug-likeness (QED) is 0.830. The van der Waals surface area contributed by atoms with Crippen molar-refractivity contribution in [3.05, 3.63) is 60.7 Å². The third-order valence-electron chi connectivity index (χ3n) is 6.61. The lowest BCUT2D eigenvalue weighted by atomic mass is 9.88. The molecular formula is C22H29NOSi. The first-order valence-electron chi connectivity index (χ1n) is 9.43. The molecule has 1 aliphatic carbocycles. The molecule has 2 aromatic carbocycles. The summed E-state index contributed by atoms with van der Waals surface area (Å²) in [7, 11) is -2.01. The van der Waals surface area contributed by atoms with Gasteiger partial charge in [0.2, 0.25) is 0 Å². The van der Waals surface area contributed by atoms with Gasteiger partial charge in [0.25, 0.3) is 0 Å². The summed E-state index contributed by atoms with van der Waals surface area (Å²) in [5.74, 6) is 0. The molecule has 2 nitrogen and oxygen atoms in total. The summed E-state index contributed by atoms with van der Waals surface area (Å²) < 4.78 is 0. The van der Waals surface area contributed by atoms with E-state index in [0.717, 1.165) is 19.4 Å². The lowest BCUT2D eigenvalue weighted by Gasteiger charge is -2.32. The summed E-state index contributed by atoms with van der Waals surface area (Å²) in [4.78, 5) is 0. The Bertz CT molecular complexity index is 706. The first-order chi connectivity index (χ1) is 11.9. The van der Waals surface area contributed by atoms with E-state index < -0.39 is 13.7 Å². The van der Waals surface area contributed by atoms with Crippen molar-refractivity contribution in [1.29, 1.82) is 0 Å². The highest BCUT2D eigenvalue weighted by molar-refractivity contribution is 7.03. The number of rotatable bonds is 4. The zero-order chi connectivity index (χ0) is 17.7. The topological polar surface area (TPSA) is 32.3 Å². The second-order valence-electron chi connectivity index (χ2n) is 8.98. The van der Waals surface area contributed by atoms with Crippen LogP contribution in [0.4, 0.5) is 0 Å². The monoisotopic (exact) mass is 351 g/mol. The van der Waals surface area contributed by atoms with Crippen LogP contribution in [0.1, 0.15) is 26.7 Å². The van der Waals surface area contributed by atoms with E-state index in [1.165, 1.54) is 10.4 Å². The lowest BCUT2D eigenvalue weighted by Crippen LogP contribution is -2.59. The van der Waals surface area contributed by atoms with Gasteiger partial charge in [-0.05, 0) is 23.8 Å². The maximum absolute atomic E-state index is 11.6. The fraction of sp³-hybridized carbons (Fsp3) is 0.455. The van der Waals surface area contributed by atoms with Crippen molar-refractivity contribution in [1.82, 2.24) is 5.32 Å². The molecule has 25 heavy (non-hydrogen) atoms. The van der Waals surface area contributed by atoms with Gasteiger partial charge in [-0.15, -0.1) is 0 Å². The van der Waals surface area contributed by atoms with Gasteiger partial charge in [0.05, 0.1) is 5.60 Å². The second-order valence-corrected chi connectivity index (χ2v) is 13.2. The third-order valence-corrected chi connectivity index (χ3v) is 11.8. The molecule has 132 valence electrons. The van der Waals surface area contributed by atoms with Gasteiger partial charge in [-0.1, -0.05) is 91.4 Å². The Hall–Kier alpha value is -1.42. The maximum atomic E-state index is 11.6. The zero-order valence-corrected chi connectivity index (χ0v) is 16.5. The fourth-order valence-corrected chi connectivity index (χ4v) is 9.79. The molecule has 3 heteroatoms. The maximum Gasteiger partial charge on any atom is 0.121 e. The van der Waals surface area contributed by atoms with Crippen LogP contribution >= 0.6 is 0 Å². The molecular weight excluding hydrogens is 322 g/mol. The largest absolute Gasteiger partial charge is 0.388 e. The van der Waals surface area contributed by atoms with E-state index in [9.17, 15) is 5.11 Å². The summed E-state index contributed by atoms with van der Waals surface area (Å²) in [5.41, 5.74) is 0.0991. The molecule has 0 amide bonds. The summed E-state index contributed by atoms with van der Waals surface area (Å²) in [6.45, 7) is 8.04. The average Bonchev–Trinajstić information content (AvgIpc) is 3.19. The predicted octanol–water partition coefficient (Wildman–Crippen LogP) is 2.77. The third kappa shape index (κ3) is 2.79. The fourth-order valence-electron chi connectivity index (χ4n) is 4.94. The van der Waals surface area contributed by atoms with Crippen LogP contribution in [0.3, 0.4) is 0 Å². The molecule has 0 aromatic heterocycles. The Kier molecular flexibility index (Phi) is 3.95. The van der Waals surface area contributed by atoms with Gasteiger partial charge < -0.3 is 10.4 Å². The molecule has 0 radical (unpaired) electrons. The van der Waals surface area contributed by atoms with Gasteiger partial charge >= 0.3 is 0 Å². The van der Waals surface area contributed by atoms with Crippen LogP contribution in [0.25, 0.3) is 0 Å². The van der Waals surface area contributed by atoms with Crippen LogP contribution in [0.5, 0.6) is 0 Å².